The van der Waals surface area contributed by atoms with Gasteiger partial charge in [-0.2, -0.15) is 23.5 Å². The summed E-state index contributed by atoms with van der Waals surface area (Å²) in [5.41, 5.74) is -3.47. The first-order chi connectivity index (χ1) is 9.79. The molecule has 1 heterocycles. The van der Waals surface area contributed by atoms with Gasteiger partial charge in [0, 0.05) is 12.1 Å². The van der Waals surface area contributed by atoms with Crippen molar-refractivity contribution in [2.45, 2.75) is 6.18 Å². The van der Waals surface area contributed by atoms with Crippen LogP contribution >= 0.6 is 0 Å². The minimum atomic E-state index is -4.80. The molecule has 8 nitrogen and oxygen atoms in total. The topological polar surface area (TPSA) is 121 Å². The normalized spacial score (nSPS) is 13.8. The molecule has 112 valence electrons. The lowest BCUT2D eigenvalue weighted by atomic mass is 10.3. The summed E-state index contributed by atoms with van der Waals surface area (Å²) < 4.78 is 37.8. The van der Waals surface area contributed by atoms with E-state index in [2.05, 4.69) is 10.2 Å². The van der Waals surface area contributed by atoms with E-state index in [1.165, 1.54) is 18.2 Å². The molecule has 1 atom stereocenters. The van der Waals surface area contributed by atoms with Crippen molar-refractivity contribution >= 4 is 17.1 Å². The average molecular weight is 303 g/mol. The molecular weight excluding hydrogens is 295 g/mol. The number of aromatic nitrogens is 2. The van der Waals surface area contributed by atoms with Gasteiger partial charge in [0.15, 0.2) is 17.1 Å². The van der Waals surface area contributed by atoms with Crippen molar-refractivity contribution in [2.24, 2.45) is 10.2 Å². The maximum absolute atomic E-state index is 12.6. The Morgan fingerprint density at radius 3 is 2.57 bits per heavy atom. The van der Waals surface area contributed by atoms with Crippen LogP contribution in [0.2, 0.25) is 0 Å². The fourth-order valence-electron chi connectivity index (χ4n) is 1.46. The van der Waals surface area contributed by atoms with E-state index in [1.54, 1.807) is 10.2 Å². The second-order valence-corrected chi connectivity index (χ2v) is 3.86. The maximum atomic E-state index is 12.6. The van der Waals surface area contributed by atoms with E-state index in [1.807, 2.05) is 0 Å². The van der Waals surface area contributed by atoms with Gasteiger partial charge in [0.1, 0.15) is 0 Å². The molecule has 0 aliphatic rings. The Bertz CT molecular complexity index is 719. The Balaban J connectivity index is 2.36. The van der Waals surface area contributed by atoms with Crippen LogP contribution in [0.1, 0.15) is 5.69 Å². The highest BCUT2D eigenvalue weighted by Gasteiger charge is 2.37. The second-order valence-electron chi connectivity index (χ2n) is 3.86. The maximum Gasteiger partial charge on any atom is 0.435 e. The molecule has 0 saturated heterocycles. The fourth-order valence-corrected chi connectivity index (χ4v) is 1.46. The molecular formula is C10H8F3N5O3. The smallest absolute Gasteiger partial charge is 0.435 e. The van der Waals surface area contributed by atoms with Crippen LogP contribution in [0, 0.1) is 5.21 Å². The van der Waals surface area contributed by atoms with Gasteiger partial charge in [0.25, 0.3) is 5.56 Å². The van der Waals surface area contributed by atoms with E-state index in [-0.39, 0.29) is 11.4 Å². The van der Waals surface area contributed by atoms with Crippen LogP contribution in [0.15, 0.2) is 39.3 Å². The SMILES string of the molecule is O=c1[nH][nH]c(C(F)(F)F)c1N=Nc1cccc([NH+]([O-])O)c1. The van der Waals surface area contributed by atoms with Crippen molar-refractivity contribution in [2.75, 3.05) is 0 Å². The van der Waals surface area contributed by atoms with E-state index in [0.29, 0.717) is 0 Å². The summed E-state index contributed by atoms with van der Waals surface area (Å²) >= 11 is 0. The molecule has 0 saturated carbocycles. The van der Waals surface area contributed by atoms with E-state index >= 15 is 0 Å². The van der Waals surface area contributed by atoms with Crippen molar-refractivity contribution in [1.29, 1.82) is 0 Å². The first-order valence-electron chi connectivity index (χ1n) is 5.42. The molecule has 0 aliphatic heterocycles. The zero-order valence-corrected chi connectivity index (χ0v) is 10.1. The molecule has 0 spiro atoms. The lowest BCUT2D eigenvalue weighted by Crippen LogP contribution is -2.99. The number of hydrogen-bond acceptors (Lipinski definition) is 5. The summed E-state index contributed by atoms with van der Waals surface area (Å²) in [5.74, 6) is 0. The molecule has 11 heteroatoms. The molecule has 0 bridgehead atoms. The summed E-state index contributed by atoms with van der Waals surface area (Å²) in [7, 11) is 0. The zero-order valence-electron chi connectivity index (χ0n) is 10.1. The monoisotopic (exact) mass is 303 g/mol. The Morgan fingerprint density at radius 2 is 1.95 bits per heavy atom. The lowest BCUT2D eigenvalue weighted by Gasteiger charge is -2.10. The van der Waals surface area contributed by atoms with Crippen molar-refractivity contribution in [3.05, 3.63) is 45.5 Å². The number of hydrogen-bond donors (Lipinski definition) is 4. The van der Waals surface area contributed by atoms with Crippen molar-refractivity contribution < 1.29 is 23.6 Å². The minimum absolute atomic E-state index is 0.00336. The Morgan fingerprint density at radius 1 is 1.24 bits per heavy atom. The van der Waals surface area contributed by atoms with E-state index in [0.717, 1.165) is 6.07 Å². The highest BCUT2D eigenvalue weighted by atomic mass is 19.4. The van der Waals surface area contributed by atoms with Gasteiger partial charge in [0.2, 0.25) is 0 Å². The number of quaternary nitrogens is 1. The number of benzene rings is 1. The number of nitrogens with zero attached hydrogens (tertiary/aromatic N) is 2. The number of halogens is 3. The van der Waals surface area contributed by atoms with Gasteiger partial charge in [-0.25, -0.2) is 5.21 Å². The third-order valence-electron chi connectivity index (χ3n) is 2.39. The molecule has 2 rings (SSSR count). The molecule has 2 aromatic rings. The lowest BCUT2D eigenvalue weighted by molar-refractivity contribution is -0.991. The molecule has 0 aliphatic carbocycles. The van der Waals surface area contributed by atoms with Crippen LogP contribution in [0.3, 0.4) is 0 Å². The summed E-state index contributed by atoms with van der Waals surface area (Å²) in [4.78, 5) is 11.2. The third-order valence-corrected chi connectivity index (χ3v) is 2.39. The van der Waals surface area contributed by atoms with Crippen molar-refractivity contribution in [3.63, 3.8) is 0 Å². The fraction of sp³-hybridized carbons (Fsp3) is 0.100. The van der Waals surface area contributed by atoms with Gasteiger partial charge >= 0.3 is 6.18 Å². The van der Waals surface area contributed by atoms with E-state index < -0.39 is 28.3 Å². The Kier molecular flexibility index (Phi) is 3.88. The van der Waals surface area contributed by atoms with E-state index in [4.69, 9.17) is 5.21 Å². The van der Waals surface area contributed by atoms with Crippen LogP contribution in [-0.4, -0.2) is 15.4 Å². The molecule has 1 unspecified atom stereocenters. The highest BCUT2D eigenvalue weighted by molar-refractivity contribution is 5.47. The average Bonchev–Trinajstić information content (AvgIpc) is 2.78. The standard InChI is InChI=1S/C10H8F3N5O3/c11-10(12,13)8-7(9(19)17-16-8)15-14-5-2-1-3-6(4-5)18(20)21/h1-4,18,20H,(H2,16,17,19). The summed E-state index contributed by atoms with van der Waals surface area (Å²) in [6.07, 6.45) is -4.80. The summed E-state index contributed by atoms with van der Waals surface area (Å²) in [5, 5.41) is 28.4. The van der Waals surface area contributed by atoms with Gasteiger partial charge < -0.3 is 5.21 Å². The number of nitrogens with one attached hydrogen (secondary N) is 3. The molecule has 0 fully saturated rings. The number of alkyl halides is 3. The largest absolute Gasteiger partial charge is 0.595 e. The van der Waals surface area contributed by atoms with Crippen molar-refractivity contribution in [1.82, 2.24) is 10.2 Å². The predicted molar refractivity (Wildman–Crippen MR) is 62.8 cm³/mol. The second kappa shape index (κ2) is 5.47. The molecule has 1 aromatic heterocycles. The number of rotatable bonds is 3. The minimum Gasteiger partial charge on any atom is -0.595 e. The summed E-state index contributed by atoms with van der Waals surface area (Å²) in [6, 6.07) is 5.08. The number of aromatic amines is 2. The highest BCUT2D eigenvalue weighted by Crippen LogP contribution is 2.33. The van der Waals surface area contributed by atoms with Gasteiger partial charge in [-0.3, -0.25) is 15.0 Å². The van der Waals surface area contributed by atoms with Crippen LogP contribution in [0.4, 0.5) is 30.2 Å². The molecule has 21 heavy (non-hydrogen) atoms. The zero-order chi connectivity index (χ0) is 15.6. The van der Waals surface area contributed by atoms with Gasteiger partial charge in [-0.05, 0) is 6.07 Å². The van der Waals surface area contributed by atoms with E-state index in [9.17, 15) is 23.2 Å². The quantitative estimate of drug-likeness (QED) is 0.508. The molecule has 0 radical (unpaired) electrons. The Hall–Kier alpha value is -2.50. The first kappa shape index (κ1) is 14.9. The molecule has 4 N–H and O–H groups in total. The molecule has 1 aromatic carbocycles. The number of H-pyrrole nitrogens is 2. The third kappa shape index (κ3) is 3.34. The first-order valence-corrected chi connectivity index (χ1v) is 5.42. The van der Waals surface area contributed by atoms with Gasteiger partial charge in [0.05, 0.1) is 5.69 Å². The molecule has 0 amide bonds. The van der Waals surface area contributed by atoms with Gasteiger partial charge in [-0.1, -0.05) is 6.07 Å². The van der Waals surface area contributed by atoms with Crippen LogP contribution < -0.4 is 10.8 Å². The number of azo groups is 1. The van der Waals surface area contributed by atoms with Crippen molar-refractivity contribution in [3.8, 4) is 0 Å². The van der Waals surface area contributed by atoms with Crippen LogP contribution in [-0.2, 0) is 6.18 Å². The predicted octanol–water partition coefficient (Wildman–Crippen LogP) is 1.54. The van der Waals surface area contributed by atoms with Crippen LogP contribution in [0.5, 0.6) is 0 Å². The van der Waals surface area contributed by atoms with Gasteiger partial charge in [-0.15, -0.1) is 5.11 Å². The summed E-state index contributed by atoms with van der Waals surface area (Å²) in [6.45, 7) is 0. The van der Waals surface area contributed by atoms with Crippen LogP contribution in [0.25, 0.3) is 0 Å². The Labute approximate surface area is 114 Å².